The lowest BCUT2D eigenvalue weighted by molar-refractivity contribution is -0.123. The summed E-state index contributed by atoms with van der Waals surface area (Å²) in [5.41, 5.74) is 2.32. The number of carbonyl (C=O) groups excluding carboxylic acids is 1. The molecule has 1 N–H and O–H groups in total. The Hall–Kier alpha value is -2.09. The van der Waals surface area contributed by atoms with Gasteiger partial charge in [0.25, 0.3) is 0 Å². The summed E-state index contributed by atoms with van der Waals surface area (Å²) in [5.74, 6) is 0.197. The molecular formula is C19H21NO. The molecule has 21 heavy (non-hydrogen) atoms. The maximum Gasteiger partial charge on any atom is 0.224 e. The van der Waals surface area contributed by atoms with E-state index in [1.54, 1.807) is 0 Å². The van der Waals surface area contributed by atoms with Gasteiger partial charge in [0.05, 0.1) is 5.92 Å². The second-order valence-corrected chi connectivity index (χ2v) is 6.12. The Bertz CT molecular complexity index is 579. The fourth-order valence-corrected chi connectivity index (χ4v) is 3.24. The van der Waals surface area contributed by atoms with Crippen molar-refractivity contribution in [1.29, 1.82) is 0 Å². The monoisotopic (exact) mass is 279 g/mol. The van der Waals surface area contributed by atoms with E-state index >= 15 is 0 Å². The summed E-state index contributed by atoms with van der Waals surface area (Å²) >= 11 is 0. The lowest BCUT2D eigenvalue weighted by atomic mass is 9.85. The zero-order chi connectivity index (χ0) is 14.9. The van der Waals surface area contributed by atoms with Crippen molar-refractivity contribution in [2.45, 2.75) is 31.7 Å². The van der Waals surface area contributed by atoms with Crippen LogP contribution in [0.15, 0.2) is 60.7 Å². The zero-order valence-corrected chi connectivity index (χ0v) is 12.5. The average molecular weight is 279 g/mol. The van der Waals surface area contributed by atoms with E-state index in [0.717, 1.165) is 6.42 Å². The molecule has 1 aliphatic rings. The smallest absolute Gasteiger partial charge is 0.224 e. The molecule has 0 spiro atoms. The van der Waals surface area contributed by atoms with Crippen LogP contribution in [0.2, 0.25) is 0 Å². The Balaban J connectivity index is 1.98. The van der Waals surface area contributed by atoms with Gasteiger partial charge in [0, 0.05) is 11.5 Å². The van der Waals surface area contributed by atoms with Crippen molar-refractivity contribution in [2.24, 2.45) is 5.92 Å². The van der Waals surface area contributed by atoms with Crippen LogP contribution in [0.25, 0.3) is 0 Å². The molecule has 108 valence electrons. The van der Waals surface area contributed by atoms with Crippen molar-refractivity contribution in [3.05, 3.63) is 71.8 Å². The quantitative estimate of drug-likeness (QED) is 0.911. The average Bonchev–Trinajstić information content (AvgIpc) is 3.25. The molecule has 2 nitrogen and oxygen atoms in total. The number of amides is 1. The van der Waals surface area contributed by atoms with Crippen LogP contribution in [-0.4, -0.2) is 11.9 Å². The number of carbonyl (C=O) groups is 1. The van der Waals surface area contributed by atoms with E-state index in [0.29, 0.717) is 0 Å². The highest BCUT2D eigenvalue weighted by Gasteiger charge is 2.60. The molecule has 1 unspecified atom stereocenters. The predicted molar refractivity (Wildman–Crippen MR) is 85.0 cm³/mol. The highest BCUT2D eigenvalue weighted by atomic mass is 16.2. The molecule has 1 aliphatic carbocycles. The van der Waals surface area contributed by atoms with E-state index in [9.17, 15) is 4.79 Å². The van der Waals surface area contributed by atoms with Crippen LogP contribution in [0.1, 0.15) is 31.4 Å². The Morgan fingerprint density at radius 3 is 1.90 bits per heavy atom. The molecule has 2 aromatic carbocycles. The summed E-state index contributed by atoms with van der Waals surface area (Å²) in [7, 11) is 0. The third-order valence-corrected chi connectivity index (χ3v) is 4.29. The topological polar surface area (TPSA) is 29.1 Å². The SMILES string of the molecule is CC(C)NC(=O)C1CC1(c1ccccc1)c1ccccc1. The van der Waals surface area contributed by atoms with Crippen LogP contribution < -0.4 is 5.32 Å². The summed E-state index contributed by atoms with van der Waals surface area (Å²) in [5, 5.41) is 3.06. The van der Waals surface area contributed by atoms with Gasteiger partial charge in [-0.05, 0) is 31.4 Å². The zero-order valence-electron chi connectivity index (χ0n) is 12.5. The molecule has 0 aromatic heterocycles. The standard InChI is InChI=1S/C19H21NO/c1-14(2)20-18(21)17-13-19(17,15-9-5-3-6-10-15)16-11-7-4-8-12-16/h3-12,14,17H,13H2,1-2H3,(H,20,21). The van der Waals surface area contributed by atoms with Gasteiger partial charge in [-0.25, -0.2) is 0 Å². The largest absolute Gasteiger partial charge is 0.354 e. The Morgan fingerprint density at radius 1 is 1.00 bits per heavy atom. The van der Waals surface area contributed by atoms with E-state index in [-0.39, 0.29) is 23.3 Å². The number of benzene rings is 2. The summed E-state index contributed by atoms with van der Waals surface area (Å²) in [4.78, 5) is 12.5. The first kappa shape index (κ1) is 13.9. The van der Waals surface area contributed by atoms with Gasteiger partial charge in [0.1, 0.15) is 0 Å². The molecule has 1 amide bonds. The lowest BCUT2D eigenvalue weighted by Crippen LogP contribution is -2.34. The minimum Gasteiger partial charge on any atom is -0.354 e. The van der Waals surface area contributed by atoms with Crippen LogP contribution in [0.3, 0.4) is 0 Å². The number of hydrogen-bond donors (Lipinski definition) is 1. The number of rotatable bonds is 4. The highest BCUT2D eigenvalue weighted by Crippen LogP contribution is 2.58. The third-order valence-electron chi connectivity index (χ3n) is 4.29. The van der Waals surface area contributed by atoms with Gasteiger partial charge < -0.3 is 5.32 Å². The molecule has 1 saturated carbocycles. The minimum absolute atomic E-state index is 0.0321. The van der Waals surface area contributed by atoms with E-state index in [4.69, 9.17) is 0 Å². The number of nitrogens with one attached hydrogen (secondary N) is 1. The van der Waals surface area contributed by atoms with Crippen molar-refractivity contribution in [3.8, 4) is 0 Å². The maximum absolute atomic E-state index is 12.5. The molecule has 1 fully saturated rings. The van der Waals surface area contributed by atoms with Gasteiger partial charge >= 0.3 is 0 Å². The second-order valence-electron chi connectivity index (χ2n) is 6.12. The van der Waals surface area contributed by atoms with E-state index in [2.05, 4.69) is 53.8 Å². The minimum atomic E-state index is -0.151. The normalized spacial score (nSPS) is 19.3. The Labute approximate surface area is 126 Å². The van der Waals surface area contributed by atoms with Crippen LogP contribution in [0, 0.1) is 5.92 Å². The van der Waals surface area contributed by atoms with E-state index in [1.807, 2.05) is 26.0 Å². The van der Waals surface area contributed by atoms with Gasteiger partial charge in [-0.3, -0.25) is 4.79 Å². The first-order chi connectivity index (χ1) is 10.1. The van der Waals surface area contributed by atoms with Crippen LogP contribution >= 0.6 is 0 Å². The van der Waals surface area contributed by atoms with Gasteiger partial charge in [0.15, 0.2) is 0 Å². The molecule has 0 radical (unpaired) electrons. The van der Waals surface area contributed by atoms with E-state index in [1.165, 1.54) is 11.1 Å². The molecule has 0 heterocycles. The molecule has 2 aromatic rings. The van der Waals surface area contributed by atoms with Gasteiger partial charge in [-0.15, -0.1) is 0 Å². The van der Waals surface area contributed by atoms with Crippen molar-refractivity contribution in [2.75, 3.05) is 0 Å². The Kier molecular flexibility index (Phi) is 3.54. The first-order valence-electron chi connectivity index (χ1n) is 7.56. The summed E-state index contributed by atoms with van der Waals surface area (Å²) in [6.07, 6.45) is 0.888. The Morgan fingerprint density at radius 2 is 1.48 bits per heavy atom. The molecular weight excluding hydrogens is 258 g/mol. The maximum atomic E-state index is 12.5. The summed E-state index contributed by atoms with van der Waals surface area (Å²) in [6, 6.07) is 21.0. The molecule has 1 atom stereocenters. The van der Waals surface area contributed by atoms with Gasteiger partial charge in [0.2, 0.25) is 5.91 Å². The second kappa shape index (κ2) is 5.36. The lowest BCUT2D eigenvalue weighted by Gasteiger charge is -2.19. The van der Waals surface area contributed by atoms with Gasteiger partial charge in [-0.1, -0.05) is 60.7 Å². The van der Waals surface area contributed by atoms with Crippen LogP contribution in [-0.2, 0) is 10.2 Å². The summed E-state index contributed by atoms with van der Waals surface area (Å²) in [6.45, 7) is 4.01. The van der Waals surface area contributed by atoms with Crippen molar-refractivity contribution in [3.63, 3.8) is 0 Å². The third kappa shape index (κ3) is 2.46. The highest BCUT2D eigenvalue weighted by molar-refractivity contribution is 5.86. The fraction of sp³-hybridized carbons (Fsp3) is 0.316. The van der Waals surface area contributed by atoms with Crippen LogP contribution in [0.5, 0.6) is 0 Å². The van der Waals surface area contributed by atoms with Crippen LogP contribution in [0.4, 0.5) is 0 Å². The predicted octanol–water partition coefficient (Wildman–Crippen LogP) is 3.52. The fourth-order valence-electron chi connectivity index (χ4n) is 3.24. The molecule has 0 saturated heterocycles. The molecule has 0 bridgehead atoms. The summed E-state index contributed by atoms with van der Waals surface area (Å²) < 4.78 is 0. The molecule has 3 rings (SSSR count). The number of hydrogen-bond acceptors (Lipinski definition) is 1. The van der Waals surface area contributed by atoms with Crippen molar-refractivity contribution >= 4 is 5.91 Å². The van der Waals surface area contributed by atoms with Gasteiger partial charge in [-0.2, -0.15) is 0 Å². The van der Waals surface area contributed by atoms with Crippen molar-refractivity contribution in [1.82, 2.24) is 5.32 Å². The van der Waals surface area contributed by atoms with E-state index < -0.39 is 0 Å². The molecule has 2 heteroatoms. The first-order valence-corrected chi connectivity index (χ1v) is 7.56. The van der Waals surface area contributed by atoms with Crippen molar-refractivity contribution < 1.29 is 4.79 Å². The molecule has 0 aliphatic heterocycles.